The molecule has 4 aliphatic rings. The number of carbonyl (C=O) groups excluding carboxylic acids is 5. The van der Waals surface area contributed by atoms with Gasteiger partial charge in [-0.25, -0.2) is 14.0 Å². The second kappa shape index (κ2) is 20.1. The second-order valence-corrected chi connectivity index (χ2v) is 17.4. The molecule has 5 N–H and O–H groups in total. The van der Waals surface area contributed by atoms with E-state index < -0.39 is 53.0 Å². The van der Waals surface area contributed by atoms with Crippen molar-refractivity contribution >= 4 is 58.0 Å². The molecule has 5 amide bonds. The number of hydrogen-bond donors (Lipinski definition) is 5. The van der Waals surface area contributed by atoms with Gasteiger partial charge in [-0.1, -0.05) is 32.4 Å². The first-order valence-electron chi connectivity index (χ1n) is 22.1. The van der Waals surface area contributed by atoms with Gasteiger partial charge in [0.15, 0.2) is 11.6 Å². The van der Waals surface area contributed by atoms with E-state index in [0.717, 1.165) is 31.7 Å². The summed E-state index contributed by atoms with van der Waals surface area (Å²) in [7, 11) is 1.40. The number of aromatic carboxylic acids is 1. The van der Waals surface area contributed by atoms with Crippen LogP contribution in [0, 0.1) is 17.7 Å². The largest absolute Gasteiger partial charge is 0.492 e. The van der Waals surface area contributed by atoms with Crippen molar-refractivity contribution in [1.82, 2.24) is 25.0 Å². The molecule has 3 aromatic rings. The summed E-state index contributed by atoms with van der Waals surface area (Å²) in [6.07, 6.45) is 7.70. The average Bonchev–Trinajstić information content (AvgIpc) is 3.95. The van der Waals surface area contributed by atoms with Crippen molar-refractivity contribution in [2.24, 2.45) is 11.8 Å². The zero-order valence-electron chi connectivity index (χ0n) is 36.7. The van der Waals surface area contributed by atoms with Crippen LogP contribution >= 0.6 is 0 Å². The van der Waals surface area contributed by atoms with Crippen LogP contribution in [0.4, 0.5) is 20.6 Å². The number of carboxylic acid groups (broad SMARTS) is 1. The Morgan fingerprint density at radius 2 is 1.74 bits per heavy atom. The molecule has 0 bridgehead atoms. The maximum absolute atomic E-state index is 16.1. The third kappa shape index (κ3) is 10.6. The van der Waals surface area contributed by atoms with Gasteiger partial charge in [-0.15, -0.1) is 0 Å². The summed E-state index contributed by atoms with van der Waals surface area (Å²) < 4.78 is 29.3. The van der Waals surface area contributed by atoms with E-state index >= 15 is 4.39 Å². The van der Waals surface area contributed by atoms with Gasteiger partial charge in [0.05, 0.1) is 30.6 Å². The molecule has 348 valence electrons. The van der Waals surface area contributed by atoms with Crippen LogP contribution in [0.3, 0.4) is 0 Å². The van der Waals surface area contributed by atoms with E-state index in [1.807, 2.05) is 4.90 Å². The quantitative estimate of drug-likeness (QED) is 0.115. The number of carboxylic acids is 1. The number of pyridine rings is 1. The maximum Gasteiger partial charge on any atom is 0.410 e. The molecule has 7 rings (SSSR count). The number of nitrogens with zero attached hydrogens (tertiary/aromatic N) is 4. The minimum absolute atomic E-state index is 0.00918. The zero-order chi connectivity index (χ0) is 46.5. The van der Waals surface area contributed by atoms with Crippen LogP contribution in [-0.2, 0) is 30.5 Å². The first-order valence-corrected chi connectivity index (χ1v) is 22.1. The highest BCUT2D eigenvalue weighted by Gasteiger charge is 2.44. The highest BCUT2D eigenvalue weighted by Crippen LogP contribution is 2.45. The van der Waals surface area contributed by atoms with E-state index in [1.54, 1.807) is 47.6 Å². The van der Waals surface area contributed by atoms with Gasteiger partial charge in [-0.3, -0.25) is 24.0 Å². The van der Waals surface area contributed by atoms with Crippen molar-refractivity contribution in [3.05, 3.63) is 75.8 Å². The summed E-state index contributed by atoms with van der Waals surface area (Å²) in [6, 6.07) is 6.60. The van der Waals surface area contributed by atoms with Crippen molar-refractivity contribution in [2.45, 2.75) is 96.2 Å². The molecule has 18 nitrogen and oxygen atoms in total. The molecule has 3 aliphatic heterocycles. The van der Waals surface area contributed by atoms with Crippen LogP contribution in [0.2, 0.25) is 0 Å². The van der Waals surface area contributed by atoms with E-state index in [2.05, 4.69) is 16.0 Å². The Bertz CT molecular complexity index is 2420. The molecule has 0 radical (unpaired) electrons. The number of aliphatic hydroxyl groups excluding tert-OH is 1. The molecule has 1 aromatic heterocycles. The van der Waals surface area contributed by atoms with E-state index in [1.165, 1.54) is 30.4 Å². The number of nitrogens with one attached hydrogen (secondary N) is 3. The summed E-state index contributed by atoms with van der Waals surface area (Å²) in [6.45, 7) is 4.73. The number of benzene rings is 2. The van der Waals surface area contributed by atoms with Gasteiger partial charge >= 0.3 is 12.1 Å². The Morgan fingerprint density at radius 1 is 0.985 bits per heavy atom. The summed E-state index contributed by atoms with van der Waals surface area (Å²) in [5.41, 5.74) is 0.401. The molecule has 65 heavy (non-hydrogen) atoms. The predicted octanol–water partition coefficient (Wildman–Crippen LogP) is 3.89. The van der Waals surface area contributed by atoms with Crippen LogP contribution in [0.15, 0.2) is 53.5 Å². The number of carbonyl (C=O) groups is 6. The lowest BCUT2D eigenvalue weighted by molar-refractivity contribution is -0.131. The Hall–Kier alpha value is -6.50. The maximum atomic E-state index is 16.1. The molecule has 1 saturated carbocycles. The molecule has 4 atom stereocenters. The lowest BCUT2D eigenvalue weighted by atomic mass is 9.92. The van der Waals surface area contributed by atoms with Crippen molar-refractivity contribution in [3.63, 3.8) is 0 Å². The summed E-state index contributed by atoms with van der Waals surface area (Å²) >= 11 is 0. The zero-order valence-corrected chi connectivity index (χ0v) is 36.7. The number of halogens is 1. The third-order valence-electron chi connectivity index (χ3n) is 12.5. The molecule has 2 unspecified atom stereocenters. The van der Waals surface area contributed by atoms with Gasteiger partial charge < -0.3 is 54.9 Å². The van der Waals surface area contributed by atoms with E-state index in [0.29, 0.717) is 55.7 Å². The van der Waals surface area contributed by atoms with Crippen molar-refractivity contribution < 1.29 is 52.8 Å². The average molecular weight is 902 g/mol. The van der Waals surface area contributed by atoms with E-state index in [-0.39, 0.29) is 78.7 Å². The third-order valence-corrected chi connectivity index (χ3v) is 12.5. The van der Waals surface area contributed by atoms with Crippen molar-refractivity contribution in [1.29, 1.82) is 0 Å². The SMILES string of the molecule is COc1c(N2CC3[C@@H](CCCN3C(=O)OCc3ccc(NC(=O)CNC(=O)[C@@H](NC(=O)CCCCCN4C(=O)C=CC4O)C(C)C)cc3)C2)c(F)cc2c(=O)c(C(=O)O)cn(C3CC3)c12. The number of unbranched alkanes of at least 4 members (excludes halogenated alkanes) is 2. The highest BCUT2D eigenvalue weighted by atomic mass is 19.1. The van der Waals surface area contributed by atoms with Crippen LogP contribution in [0.5, 0.6) is 5.75 Å². The molecule has 3 fully saturated rings. The molecule has 19 heteroatoms. The number of fused-ring (bicyclic) bond motifs is 2. The van der Waals surface area contributed by atoms with Crippen LogP contribution < -0.4 is 31.0 Å². The Labute approximate surface area is 374 Å². The standard InChI is InChI=1S/C46H56FN7O11/c1-26(2)39(50-35(55)9-5-4-6-18-53-37(57)16-17-38(53)58)44(60)48-21-36(56)49-29-12-10-27(11-13-29)25-65-46(63)52-19-7-8-28-22-51(24-34(28)52)41-33(47)20-31-40(43(41)64-3)54(30-14-15-30)23-32(42(31)59)45(61)62/h10-13,16-17,20,23,26,28,30,34,37,39,57H,4-9,14-15,18-19,21-22,24-25H2,1-3H3,(H,48,60)(H,49,56)(H,50,55)(H,61,62)/t28-,34?,37?,39-/m0/s1. The lowest BCUT2D eigenvalue weighted by Gasteiger charge is -2.35. The molecular weight excluding hydrogens is 846 g/mol. The first-order chi connectivity index (χ1) is 31.1. The molecular formula is C46H56FN7O11. The molecule has 4 heterocycles. The number of rotatable bonds is 18. The number of piperidine rings is 1. The lowest BCUT2D eigenvalue weighted by Crippen LogP contribution is -2.51. The number of hydrogen-bond acceptors (Lipinski definition) is 11. The van der Waals surface area contributed by atoms with Crippen molar-refractivity contribution in [3.8, 4) is 5.75 Å². The number of aromatic nitrogens is 1. The monoisotopic (exact) mass is 901 g/mol. The minimum atomic E-state index is -1.39. The second-order valence-electron chi connectivity index (χ2n) is 17.4. The molecule has 1 aliphatic carbocycles. The van der Waals surface area contributed by atoms with Gasteiger partial charge in [0.25, 0.3) is 0 Å². The summed E-state index contributed by atoms with van der Waals surface area (Å²) in [5.74, 6) is -3.74. The highest BCUT2D eigenvalue weighted by molar-refractivity contribution is 5.98. The number of methoxy groups -OCH3 is 1. The van der Waals surface area contributed by atoms with Gasteiger partial charge in [0.1, 0.15) is 30.1 Å². The molecule has 2 aromatic carbocycles. The topological polar surface area (TPSA) is 229 Å². The Morgan fingerprint density at radius 3 is 2.40 bits per heavy atom. The number of amides is 5. The van der Waals surface area contributed by atoms with Gasteiger partial charge in [-0.2, -0.15) is 0 Å². The number of anilines is 2. The fourth-order valence-electron chi connectivity index (χ4n) is 8.97. The fraction of sp³-hybridized carbons (Fsp3) is 0.500. The van der Waals surface area contributed by atoms with Gasteiger partial charge in [-0.05, 0) is 80.2 Å². The van der Waals surface area contributed by atoms with Crippen molar-refractivity contribution in [2.75, 3.05) is 50.1 Å². The minimum Gasteiger partial charge on any atom is -0.492 e. The Kier molecular flexibility index (Phi) is 14.4. The summed E-state index contributed by atoms with van der Waals surface area (Å²) in [5, 5.41) is 27.5. The van der Waals surface area contributed by atoms with Crippen LogP contribution in [0.1, 0.15) is 87.2 Å². The molecule has 0 spiro atoms. The van der Waals surface area contributed by atoms with Crippen LogP contribution in [-0.4, -0.2) is 118 Å². The van der Waals surface area contributed by atoms with Gasteiger partial charge in [0.2, 0.25) is 29.1 Å². The number of aliphatic hydroxyl groups is 1. The van der Waals surface area contributed by atoms with Crippen LogP contribution in [0.25, 0.3) is 10.9 Å². The fourth-order valence-corrected chi connectivity index (χ4v) is 8.97. The Balaban J connectivity index is 0.878. The molecule has 2 saturated heterocycles. The number of ether oxygens (including phenoxy) is 2. The first kappa shape index (κ1) is 46.5. The normalized spacial score (nSPS) is 19.6. The predicted molar refractivity (Wildman–Crippen MR) is 236 cm³/mol. The van der Waals surface area contributed by atoms with Gasteiger partial charge in [0, 0.05) is 56.6 Å². The van der Waals surface area contributed by atoms with E-state index in [9.17, 15) is 43.8 Å². The van der Waals surface area contributed by atoms with E-state index in [4.69, 9.17) is 9.47 Å². The number of likely N-dealkylation sites (tertiary alicyclic amines) is 1. The summed E-state index contributed by atoms with van der Waals surface area (Å²) in [4.78, 5) is 93.6. The smallest absolute Gasteiger partial charge is 0.410 e.